The van der Waals surface area contributed by atoms with E-state index in [9.17, 15) is 4.79 Å². The first-order chi connectivity index (χ1) is 4.81. The second-order valence-electron chi connectivity index (χ2n) is 1.63. The number of ether oxygens (including phenoxy) is 1. The summed E-state index contributed by atoms with van der Waals surface area (Å²) in [7, 11) is 0. The zero-order chi connectivity index (χ0) is 7.82. The Morgan fingerprint density at radius 1 is 1.64 bits per heavy atom. The molecule has 0 aliphatic heterocycles. The van der Waals surface area contributed by atoms with Crippen molar-refractivity contribution in [2.75, 3.05) is 6.61 Å². The minimum Gasteiger partial charge on any atom is -0.466 e. The maximum absolute atomic E-state index is 10.6. The van der Waals surface area contributed by atoms with Crippen LogP contribution in [0.25, 0.3) is 0 Å². The third-order valence-electron chi connectivity index (χ3n) is 0.862. The second-order valence-corrected chi connectivity index (χ2v) is 1.63. The Labute approximate surface area is 72.7 Å². The zero-order valence-electron chi connectivity index (χ0n) is 6.42. The van der Waals surface area contributed by atoms with Crippen LogP contribution in [0.3, 0.4) is 0 Å². The number of halogens is 1. The molecule has 0 atom stereocenters. The molecule has 0 aromatic rings. The van der Waals surface area contributed by atoms with Gasteiger partial charge in [-0.3, -0.25) is 4.79 Å². The molecule has 0 bridgehead atoms. The maximum Gasteiger partial charge on any atom is 0.306 e. The van der Waals surface area contributed by atoms with E-state index in [1.165, 1.54) is 0 Å². The van der Waals surface area contributed by atoms with E-state index in [0.717, 1.165) is 0 Å². The number of esters is 1. The standard InChI is InChI=1S/C7H11NO2.ClH/c1-2-10-7(9)5-3-4-6-8;/h2-3,5,8H2,1H3;1H. The molecule has 0 radical (unpaired) electrons. The van der Waals surface area contributed by atoms with Crippen molar-refractivity contribution in [2.24, 2.45) is 5.73 Å². The molecular weight excluding hydrogens is 166 g/mol. The molecule has 0 fully saturated rings. The van der Waals surface area contributed by atoms with Gasteiger partial charge in [-0.05, 0) is 6.92 Å². The van der Waals surface area contributed by atoms with Crippen LogP contribution in [-0.4, -0.2) is 12.6 Å². The highest BCUT2D eigenvalue weighted by Gasteiger charge is 1.97. The van der Waals surface area contributed by atoms with Gasteiger partial charge in [-0.15, -0.1) is 12.4 Å². The van der Waals surface area contributed by atoms with E-state index in [0.29, 0.717) is 19.4 Å². The van der Waals surface area contributed by atoms with E-state index >= 15 is 0 Å². The summed E-state index contributed by atoms with van der Waals surface area (Å²) in [5.74, 6) is 2.35. The fourth-order valence-corrected chi connectivity index (χ4v) is 0.470. The molecule has 0 heterocycles. The zero-order valence-corrected chi connectivity index (χ0v) is 7.24. The summed E-state index contributed by atoms with van der Waals surface area (Å²) >= 11 is 0. The average molecular weight is 178 g/mol. The van der Waals surface area contributed by atoms with Gasteiger partial charge in [0.25, 0.3) is 0 Å². The first kappa shape index (κ1) is 12.8. The van der Waals surface area contributed by atoms with Crippen molar-refractivity contribution in [3.8, 4) is 12.0 Å². The molecule has 0 saturated heterocycles. The molecule has 0 aromatic carbocycles. The fraction of sp³-hybridized carbons (Fsp3) is 0.571. The molecular formula is C7H12ClNO2. The first-order valence-electron chi connectivity index (χ1n) is 3.15. The SMILES string of the molecule is CCOC(=O)CCC#CN.Cl. The van der Waals surface area contributed by atoms with Gasteiger partial charge >= 0.3 is 5.97 Å². The first-order valence-corrected chi connectivity index (χ1v) is 3.15. The van der Waals surface area contributed by atoms with Gasteiger partial charge in [-0.25, -0.2) is 0 Å². The molecule has 0 spiro atoms. The summed E-state index contributed by atoms with van der Waals surface area (Å²) in [6, 6.07) is 2.21. The van der Waals surface area contributed by atoms with Gasteiger partial charge in [0.2, 0.25) is 0 Å². The summed E-state index contributed by atoms with van der Waals surface area (Å²) < 4.78 is 4.64. The number of carbonyl (C=O) groups is 1. The number of carbonyl (C=O) groups excluding carboxylic acids is 1. The molecule has 11 heavy (non-hydrogen) atoms. The molecule has 64 valence electrons. The van der Waals surface area contributed by atoms with Crippen LogP contribution in [-0.2, 0) is 9.53 Å². The minimum absolute atomic E-state index is 0. The summed E-state index contributed by atoms with van der Waals surface area (Å²) in [5, 5.41) is 0. The van der Waals surface area contributed by atoms with Gasteiger partial charge < -0.3 is 10.5 Å². The molecule has 0 aliphatic carbocycles. The molecule has 0 aromatic heterocycles. The smallest absolute Gasteiger partial charge is 0.306 e. The van der Waals surface area contributed by atoms with Gasteiger partial charge in [-0.1, -0.05) is 5.92 Å². The highest BCUT2D eigenvalue weighted by molar-refractivity contribution is 5.85. The topological polar surface area (TPSA) is 52.3 Å². The van der Waals surface area contributed by atoms with Crippen molar-refractivity contribution >= 4 is 18.4 Å². The second kappa shape index (κ2) is 9.12. The van der Waals surface area contributed by atoms with Crippen LogP contribution in [0.2, 0.25) is 0 Å². The monoisotopic (exact) mass is 177 g/mol. The lowest BCUT2D eigenvalue weighted by atomic mass is 10.3. The Hall–Kier alpha value is -0.880. The average Bonchev–Trinajstić information content (AvgIpc) is 1.89. The molecule has 0 unspecified atom stereocenters. The van der Waals surface area contributed by atoms with E-state index in [1.807, 2.05) is 0 Å². The lowest BCUT2D eigenvalue weighted by Gasteiger charge is -1.96. The molecule has 0 rings (SSSR count). The van der Waals surface area contributed by atoms with Gasteiger partial charge in [-0.2, -0.15) is 0 Å². The third-order valence-corrected chi connectivity index (χ3v) is 0.862. The maximum atomic E-state index is 10.6. The Bertz CT molecular complexity index is 160. The van der Waals surface area contributed by atoms with Crippen LogP contribution >= 0.6 is 12.4 Å². The van der Waals surface area contributed by atoms with Crippen molar-refractivity contribution in [2.45, 2.75) is 19.8 Å². The van der Waals surface area contributed by atoms with Gasteiger partial charge in [0, 0.05) is 12.5 Å². The predicted octanol–water partition coefficient (Wildman–Crippen LogP) is 0.671. The quantitative estimate of drug-likeness (QED) is 0.392. The summed E-state index contributed by atoms with van der Waals surface area (Å²) in [6.07, 6.45) is 0.813. The molecule has 0 amide bonds. The van der Waals surface area contributed by atoms with Crippen LogP contribution < -0.4 is 5.73 Å². The van der Waals surface area contributed by atoms with Gasteiger partial charge in [0.05, 0.1) is 13.0 Å². The Kier molecular flexibility index (Phi) is 10.6. The lowest BCUT2D eigenvalue weighted by molar-refractivity contribution is -0.142. The third kappa shape index (κ3) is 9.12. The van der Waals surface area contributed by atoms with Crippen LogP contribution in [0.5, 0.6) is 0 Å². The number of hydrogen-bond acceptors (Lipinski definition) is 3. The predicted molar refractivity (Wildman–Crippen MR) is 45.1 cm³/mol. The van der Waals surface area contributed by atoms with Crippen molar-refractivity contribution in [3.63, 3.8) is 0 Å². The fourth-order valence-electron chi connectivity index (χ4n) is 0.470. The van der Waals surface area contributed by atoms with Crippen molar-refractivity contribution in [1.82, 2.24) is 0 Å². The van der Waals surface area contributed by atoms with Crippen LogP contribution in [0.1, 0.15) is 19.8 Å². The van der Waals surface area contributed by atoms with E-state index < -0.39 is 0 Å². The van der Waals surface area contributed by atoms with Crippen molar-refractivity contribution < 1.29 is 9.53 Å². The Balaban J connectivity index is 0. The molecule has 4 heteroatoms. The van der Waals surface area contributed by atoms with Crippen molar-refractivity contribution in [3.05, 3.63) is 0 Å². The van der Waals surface area contributed by atoms with Crippen LogP contribution in [0, 0.1) is 12.0 Å². The molecule has 2 N–H and O–H groups in total. The number of nitrogens with two attached hydrogens (primary N) is 1. The van der Waals surface area contributed by atoms with Crippen LogP contribution in [0.15, 0.2) is 0 Å². The summed E-state index contributed by atoms with van der Waals surface area (Å²) in [5.41, 5.74) is 4.88. The molecule has 0 aliphatic rings. The van der Waals surface area contributed by atoms with E-state index in [-0.39, 0.29) is 18.4 Å². The van der Waals surface area contributed by atoms with E-state index in [2.05, 4.69) is 16.7 Å². The largest absolute Gasteiger partial charge is 0.466 e. The number of hydrogen-bond donors (Lipinski definition) is 1. The van der Waals surface area contributed by atoms with Crippen LogP contribution in [0.4, 0.5) is 0 Å². The minimum atomic E-state index is -0.217. The summed E-state index contributed by atoms with van der Waals surface area (Å²) in [6.45, 7) is 2.20. The van der Waals surface area contributed by atoms with Crippen molar-refractivity contribution in [1.29, 1.82) is 0 Å². The van der Waals surface area contributed by atoms with E-state index in [1.54, 1.807) is 6.92 Å². The molecule has 3 nitrogen and oxygen atoms in total. The lowest BCUT2D eigenvalue weighted by Crippen LogP contribution is -2.02. The number of rotatable bonds is 3. The molecule has 0 saturated carbocycles. The van der Waals surface area contributed by atoms with Gasteiger partial charge in [0.1, 0.15) is 0 Å². The Morgan fingerprint density at radius 2 is 2.27 bits per heavy atom. The van der Waals surface area contributed by atoms with Gasteiger partial charge in [0.15, 0.2) is 0 Å². The highest BCUT2D eigenvalue weighted by atomic mass is 35.5. The normalized spacial score (nSPS) is 7.00. The Morgan fingerprint density at radius 3 is 2.73 bits per heavy atom. The highest BCUT2D eigenvalue weighted by Crippen LogP contribution is 1.89. The van der Waals surface area contributed by atoms with E-state index in [4.69, 9.17) is 5.73 Å². The summed E-state index contributed by atoms with van der Waals surface area (Å²) in [4.78, 5) is 10.6.